The quantitative estimate of drug-likeness (QED) is 0.224. The molecule has 0 radical (unpaired) electrons. The number of fused-ring (bicyclic) bond motifs is 3. The zero-order valence-electron chi connectivity index (χ0n) is 19.2. The molecular weight excluding hydrogens is 428 g/mol. The molecular formula is C32H26OSi. The SMILES string of the molecule is CCO[Si](c1cccc2ccccc12)(c1cccc2ccccc12)c1cccc2ccccc12. The molecule has 1 nitrogen and oxygen atoms in total. The lowest BCUT2D eigenvalue weighted by Crippen LogP contribution is -2.69. The van der Waals surface area contributed by atoms with Crippen molar-refractivity contribution in [2.75, 3.05) is 6.61 Å². The van der Waals surface area contributed by atoms with E-state index in [2.05, 4.69) is 134 Å². The van der Waals surface area contributed by atoms with Crippen LogP contribution in [0.15, 0.2) is 127 Å². The lowest BCUT2D eigenvalue weighted by molar-refractivity contribution is 0.348. The zero-order chi connectivity index (χ0) is 23.0. The van der Waals surface area contributed by atoms with Crippen LogP contribution < -0.4 is 15.6 Å². The van der Waals surface area contributed by atoms with Crippen LogP contribution in [-0.2, 0) is 4.43 Å². The number of hydrogen-bond donors (Lipinski definition) is 0. The van der Waals surface area contributed by atoms with Crippen LogP contribution in [0.3, 0.4) is 0 Å². The molecule has 0 N–H and O–H groups in total. The molecule has 0 spiro atoms. The van der Waals surface area contributed by atoms with E-state index in [9.17, 15) is 0 Å². The summed E-state index contributed by atoms with van der Waals surface area (Å²) in [4.78, 5) is 0. The van der Waals surface area contributed by atoms with E-state index in [1.54, 1.807) is 0 Å². The molecule has 0 saturated carbocycles. The first-order valence-electron chi connectivity index (χ1n) is 11.9. The van der Waals surface area contributed by atoms with Crippen LogP contribution in [0, 0.1) is 0 Å². The molecule has 0 unspecified atom stereocenters. The van der Waals surface area contributed by atoms with E-state index < -0.39 is 8.32 Å². The molecule has 6 aromatic rings. The van der Waals surface area contributed by atoms with E-state index in [-0.39, 0.29) is 0 Å². The third-order valence-electron chi connectivity index (χ3n) is 6.87. The summed E-state index contributed by atoms with van der Waals surface area (Å²) in [6.07, 6.45) is 0. The van der Waals surface area contributed by atoms with Crippen molar-refractivity contribution in [1.29, 1.82) is 0 Å². The van der Waals surface area contributed by atoms with Crippen LogP contribution in [0.2, 0.25) is 0 Å². The first-order valence-corrected chi connectivity index (χ1v) is 13.8. The molecule has 0 aliphatic rings. The fraction of sp³-hybridized carbons (Fsp3) is 0.0625. The molecule has 0 atom stereocenters. The van der Waals surface area contributed by atoms with E-state index in [0.717, 1.165) is 0 Å². The average Bonchev–Trinajstić information content (AvgIpc) is 2.91. The van der Waals surface area contributed by atoms with Gasteiger partial charge in [0.05, 0.1) is 0 Å². The van der Waals surface area contributed by atoms with Gasteiger partial charge in [0.2, 0.25) is 0 Å². The molecule has 0 bridgehead atoms. The van der Waals surface area contributed by atoms with Crippen LogP contribution in [0.4, 0.5) is 0 Å². The second-order valence-electron chi connectivity index (χ2n) is 8.69. The molecule has 0 aliphatic heterocycles. The predicted molar refractivity (Wildman–Crippen MR) is 148 cm³/mol. The zero-order valence-corrected chi connectivity index (χ0v) is 20.2. The normalized spacial score (nSPS) is 11.9. The number of hydrogen-bond acceptors (Lipinski definition) is 1. The summed E-state index contributed by atoms with van der Waals surface area (Å²) in [6, 6.07) is 46.2. The van der Waals surface area contributed by atoms with Crippen LogP contribution in [-0.4, -0.2) is 14.9 Å². The molecule has 6 rings (SSSR count). The Kier molecular flexibility index (Phi) is 5.25. The minimum atomic E-state index is -2.92. The molecule has 2 heteroatoms. The molecule has 0 aromatic heterocycles. The summed E-state index contributed by atoms with van der Waals surface area (Å²) >= 11 is 0. The summed E-state index contributed by atoms with van der Waals surface area (Å²) in [5.41, 5.74) is 0. The van der Waals surface area contributed by atoms with E-state index in [1.165, 1.54) is 47.9 Å². The van der Waals surface area contributed by atoms with Gasteiger partial charge >= 0.3 is 0 Å². The van der Waals surface area contributed by atoms with Crippen molar-refractivity contribution in [3.05, 3.63) is 127 Å². The van der Waals surface area contributed by atoms with E-state index in [4.69, 9.17) is 4.43 Å². The van der Waals surface area contributed by atoms with Gasteiger partial charge in [-0.05, 0) is 54.8 Å². The van der Waals surface area contributed by atoms with Crippen molar-refractivity contribution in [3.8, 4) is 0 Å². The highest BCUT2D eigenvalue weighted by atomic mass is 28.4. The van der Waals surface area contributed by atoms with E-state index in [1.807, 2.05) is 0 Å². The van der Waals surface area contributed by atoms with Gasteiger partial charge in [-0.3, -0.25) is 0 Å². The second-order valence-corrected chi connectivity index (χ2v) is 12.0. The van der Waals surface area contributed by atoms with E-state index >= 15 is 0 Å². The number of rotatable bonds is 5. The topological polar surface area (TPSA) is 9.23 Å². The Labute approximate surface area is 201 Å². The fourth-order valence-electron chi connectivity index (χ4n) is 5.48. The molecule has 0 fully saturated rings. The van der Waals surface area contributed by atoms with Crippen molar-refractivity contribution < 1.29 is 4.43 Å². The first-order chi connectivity index (χ1) is 16.8. The Morgan fingerprint density at radius 2 is 0.765 bits per heavy atom. The van der Waals surface area contributed by atoms with Crippen LogP contribution >= 0.6 is 0 Å². The van der Waals surface area contributed by atoms with Gasteiger partial charge in [0.25, 0.3) is 8.32 Å². The monoisotopic (exact) mass is 454 g/mol. The molecule has 34 heavy (non-hydrogen) atoms. The molecule has 6 aromatic carbocycles. The van der Waals surface area contributed by atoms with Crippen molar-refractivity contribution in [3.63, 3.8) is 0 Å². The van der Waals surface area contributed by atoms with Gasteiger partial charge in [-0.25, -0.2) is 0 Å². The van der Waals surface area contributed by atoms with Gasteiger partial charge in [0.15, 0.2) is 0 Å². The minimum absolute atomic E-state index is 0.641. The Bertz CT molecular complexity index is 1430. The van der Waals surface area contributed by atoms with Crippen LogP contribution in [0.5, 0.6) is 0 Å². The van der Waals surface area contributed by atoms with Crippen LogP contribution in [0.25, 0.3) is 32.3 Å². The maximum absolute atomic E-state index is 7.15. The van der Waals surface area contributed by atoms with Gasteiger partial charge < -0.3 is 4.43 Å². The Morgan fingerprint density at radius 1 is 0.441 bits per heavy atom. The van der Waals surface area contributed by atoms with Crippen molar-refractivity contribution in [2.45, 2.75) is 6.92 Å². The second kappa shape index (κ2) is 8.57. The lowest BCUT2D eigenvalue weighted by Gasteiger charge is -2.35. The van der Waals surface area contributed by atoms with Gasteiger partial charge in [-0.15, -0.1) is 0 Å². The predicted octanol–water partition coefficient (Wildman–Crippen LogP) is 6.15. The third kappa shape index (κ3) is 3.18. The number of benzene rings is 6. The lowest BCUT2D eigenvalue weighted by atomic mass is 10.1. The Balaban J connectivity index is 1.84. The summed E-state index contributed by atoms with van der Waals surface area (Å²) in [7, 11) is -2.92. The summed E-state index contributed by atoms with van der Waals surface area (Å²) in [5.74, 6) is 0. The van der Waals surface area contributed by atoms with Gasteiger partial charge in [-0.1, -0.05) is 127 Å². The first kappa shape index (κ1) is 20.9. The molecule has 0 amide bonds. The largest absolute Gasteiger partial charge is 0.405 e. The smallest absolute Gasteiger partial charge is 0.290 e. The third-order valence-corrected chi connectivity index (χ3v) is 11.2. The summed E-state index contributed by atoms with van der Waals surface area (Å²) in [6.45, 7) is 2.77. The molecule has 0 saturated heterocycles. The maximum Gasteiger partial charge on any atom is 0.290 e. The highest BCUT2D eigenvalue weighted by molar-refractivity contribution is 7.10. The minimum Gasteiger partial charge on any atom is -0.405 e. The van der Waals surface area contributed by atoms with Crippen molar-refractivity contribution >= 4 is 56.2 Å². The van der Waals surface area contributed by atoms with Crippen molar-refractivity contribution in [1.82, 2.24) is 0 Å². The highest BCUT2D eigenvalue weighted by Crippen LogP contribution is 2.24. The average molecular weight is 455 g/mol. The van der Waals surface area contributed by atoms with Crippen molar-refractivity contribution in [2.24, 2.45) is 0 Å². The summed E-state index contributed by atoms with van der Waals surface area (Å²) in [5, 5.41) is 11.5. The Hall–Kier alpha value is -3.72. The highest BCUT2D eigenvalue weighted by Gasteiger charge is 2.44. The molecule has 0 heterocycles. The summed E-state index contributed by atoms with van der Waals surface area (Å²) < 4.78 is 7.15. The van der Waals surface area contributed by atoms with Crippen LogP contribution in [0.1, 0.15) is 6.92 Å². The Morgan fingerprint density at radius 3 is 1.12 bits per heavy atom. The van der Waals surface area contributed by atoms with Gasteiger partial charge in [0, 0.05) is 6.61 Å². The molecule has 164 valence electrons. The van der Waals surface area contributed by atoms with E-state index in [0.29, 0.717) is 6.61 Å². The van der Waals surface area contributed by atoms with Gasteiger partial charge in [0.1, 0.15) is 0 Å². The molecule has 0 aliphatic carbocycles. The maximum atomic E-state index is 7.15. The fourth-order valence-corrected chi connectivity index (χ4v) is 10.1. The van der Waals surface area contributed by atoms with Gasteiger partial charge in [-0.2, -0.15) is 0 Å². The standard InChI is InChI=1S/C32H26OSi/c1-2-33-34(30-21-9-15-24-12-3-6-18-27(24)30,31-22-10-16-25-13-4-7-19-28(25)31)32-23-11-17-26-14-5-8-20-29(26)32/h3-23H,2H2,1H3.